The molecule has 10 atom stereocenters. The van der Waals surface area contributed by atoms with Gasteiger partial charge in [0, 0.05) is 41.4 Å². The van der Waals surface area contributed by atoms with E-state index in [9.17, 15) is 58.8 Å². The van der Waals surface area contributed by atoms with Crippen molar-refractivity contribution in [2.75, 3.05) is 18.1 Å². The van der Waals surface area contributed by atoms with Crippen molar-refractivity contribution in [1.82, 2.24) is 42.2 Å². The van der Waals surface area contributed by atoms with Gasteiger partial charge in [-0.1, -0.05) is 76.2 Å². The number of carboxylic acids is 1. The largest absolute Gasteiger partial charge is 0.507 e. The van der Waals surface area contributed by atoms with E-state index >= 15 is 0 Å². The quantitative estimate of drug-likeness (QED) is 0.0363. The highest BCUT2D eigenvalue weighted by Gasteiger charge is 2.37. The third-order valence-electron chi connectivity index (χ3n) is 12.0. The van der Waals surface area contributed by atoms with Gasteiger partial charge in [-0.3, -0.25) is 33.6 Å². The lowest BCUT2D eigenvalue weighted by Crippen LogP contribution is -2.62. The van der Waals surface area contributed by atoms with Crippen LogP contribution in [0.1, 0.15) is 49.8 Å². The highest BCUT2D eigenvalue weighted by molar-refractivity contribution is 14.1. The number of nitrogens with two attached hydrogens (primary N) is 2. The van der Waals surface area contributed by atoms with Crippen molar-refractivity contribution in [3.63, 3.8) is 0 Å². The Kier molecular flexibility index (Phi) is 22.8. The minimum absolute atomic E-state index is 0.0221. The first-order valence-electron chi connectivity index (χ1n) is 23.7. The number of para-hydroxylation sites is 1. The molecule has 16 N–H and O–H groups in total. The number of hydrogen-bond acceptors (Lipinski definition) is 15. The molecule has 4 aromatic rings. The van der Waals surface area contributed by atoms with E-state index in [0.717, 1.165) is 45.0 Å². The Morgan fingerprint density at radius 1 is 0.770 bits per heavy atom. The number of aromatic nitrogens is 1. The van der Waals surface area contributed by atoms with E-state index in [-0.39, 0.29) is 49.5 Å². The van der Waals surface area contributed by atoms with Crippen LogP contribution in [0.25, 0.3) is 10.9 Å². The zero-order valence-electron chi connectivity index (χ0n) is 40.5. The maximum atomic E-state index is 14.8. The van der Waals surface area contributed by atoms with Crippen LogP contribution in [-0.2, 0) is 57.6 Å². The van der Waals surface area contributed by atoms with Gasteiger partial charge in [0.1, 0.15) is 42.0 Å². The molecule has 0 aliphatic carbocycles. The van der Waals surface area contributed by atoms with Gasteiger partial charge in [-0.2, -0.15) is 0 Å². The van der Waals surface area contributed by atoms with Gasteiger partial charge in [0.15, 0.2) is 6.04 Å². The van der Waals surface area contributed by atoms with E-state index in [1.807, 2.05) is 40.8 Å². The summed E-state index contributed by atoms with van der Waals surface area (Å²) in [7, 11) is 1.86. The lowest BCUT2D eigenvalue weighted by molar-refractivity contribution is -0.145. The first kappa shape index (κ1) is 58.9. The highest BCUT2D eigenvalue weighted by Crippen LogP contribution is 2.25. The van der Waals surface area contributed by atoms with Crippen molar-refractivity contribution < 1.29 is 58.8 Å². The number of amides is 7. The lowest BCUT2D eigenvalue weighted by atomic mass is 10.0. The zero-order valence-corrected chi connectivity index (χ0v) is 44.3. The monoisotopic (exact) mass is 1170 g/mol. The molecule has 4 unspecified atom stereocenters. The Labute approximate surface area is 448 Å². The Balaban J connectivity index is 1.60. The number of carboxylic acid groups (broad SMARTS) is 1. The fourth-order valence-corrected chi connectivity index (χ4v) is 10.7. The van der Waals surface area contributed by atoms with E-state index in [1.165, 1.54) is 13.0 Å². The number of halogens is 1. The SMILES string of the molecule is CC(O)[C@H](NC(=O)[C@@H]1CSSCC(NC(=O)C(N)Cc2ccccc2)C(=O)N[C@@H](Cc2ccc(O)c(I)c2)C(=O)N[C@H](Cc2c[nH]c3ccccc23)C(=O)N[C@@H](CCCCN)C(=O)N[C@@H](C(C)O)C(=O)N1)C(=O)O. The lowest BCUT2D eigenvalue weighted by Gasteiger charge is -2.29. The maximum Gasteiger partial charge on any atom is 0.328 e. The number of carbonyl (C=O) groups excluding carboxylic acids is 7. The van der Waals surface area contributed by atoms with E-state index in [1.54, 1.807) is 54.7 Å². The normalized spacial score (nSPS) is 22.3. The van der Waals surface area contributed by atoms with Crippen LogP contribution in [-0.4, -0.2) is 151 Å². The maximum absolute atomic E-state index is 14.8. The number of H-pyrrole nitrogens is 1. The summed E-state index contributed by atoms with van der Waals surface area (Å²) in [6.07, 6.45) is -1.05. The molecule has 5 rings (SSSR count). The number of fused-ring (bicyclic) bond motifs is 1. The molecule has 1 aliphatic heterocycles. The molecule has 1 aliphatic rings. The van der Waals surface area contributed by atoms with Crippen molar-refractivity contribution >= 4 is 102 Å². The molecule has 25 heteroatoms. The molecule has 1 fully saturated rings. The average Bonchev–Trinajstić information content (AvgIpc) is 3.77. The number of rotatable bonds is 17. The predicted molar refractivity (Wildman–Crippen MR) is 287 cm³/mol. The summed E-state index contributed by atoms with van der Waals surface area (Å²) in [5.41, 5.74) is 14.7. The second-order valence-corrected chi connectivity index (χ2v) is 21.5. The van der Waals surface area contributed by atoms with E-state index in [4.69, 9.17) is 11.5 Å². The summed E-state index contributed by atoms with van der Waals surface area (Å²) >= 11 is 1.91. The number of nitrogens with one attached hydrogen (secondary N) is 8. The molecule has 74 heavy (non-hydrogen) atoms. The van der Waals surface area contributed by atoms with Gasteiger partial charge in [0.25, 0.3) is 0 Å². The summed E-state index contributed by atoms with van der Waals surface area (Å²) in [6.45, 7) is 2.56. The number of aromatic amines is 1. The average molecular weight is 1180 g/mol. The number of hydrogen-bond donors (Lipinski definition) is 14. The molecule has 1 saturated heterocycles. The van der Waals surface area contributed by atoms with Crippen LogP contribution in [0.3, 0.4) is 0 Å². The van der Waals surface area contributed by atoms with Crippen LogP contribution in [0, 0.1) is 3.57 Å². The summed E-state index contributed by atoms with van der Waals surface area (Å²) < 4.78 is 0.436. The standard InChI is InChI=1S/C49H63IN10O12S2/c1-25(61)40-48(70)58-38(47(69)60-41(26(2)62)49(71)72)24-74-73-23-37(57-42(64)32(52)19-27-10-4-3-5-11-27)46(68)55-35(20-28-15-16-39(63)31(50)18-28)44(66)56-36(21-29-22-53-33-13-7-6-12-30(29)33)45(67)54-34(43(65)59-40)14-8-9-17-51/h3-7,10-13,15-16,18,22,25-26,32,34-38,40-41,53,61-63H,8-9,14,17,19-21,23-24,51-52H2,1-2H3,(H,54,67)(H,55,68)(H,56,66)(H,57,64)(H,58,70)(H,59,65)(H,60,69)(H,71,72)/t25?,26?,32?,34-,35-,36+,37?,38-,40-,41-/m0/s1. The third-order valence-corrected chi connectivity index (χ3v) is 15.2. The smallest absolute Gasteiger partial charge is 0.328 e. The highest BCUT2D eigenvalue weighted by atomic mass is 127. The van der Waals surface area contributed by atoms with E-state index < -0.39 is 108 Å². The molecule has 22 nitrogen and oxygen atoms in total. The third kappa shape index (κ3) is 17.3. The van der Waals surface area contributed by atoms with Crippen LogP contribution in [0.5, 0.6) is 5.75 Å². The molecule has 2 heterocycles. The van der Waals surface area contributed by atoms with Gasteiger partial charge in [-0.25, -0.2) is 4.79 Å². The Morgan fingerprint density at radius 2 is 1.41 bits per heavy atom. The number of aliphatic carboxylic acids is 1. The van der Waals surface area contributed by atoms with Gasteiger partial charge in [0.2, 0.25) is 41.4 Å². The van der Waals surface area contributed by atoms with Crippen LogP contribution < -0.4 is 48.7 Å². The molecule has 0 saturated carbocycles. The predicted octanol–water partition coefficient (Wildman–Crippen LogP) is -0.403. The number of aromatic hydroxyl groups is 1. The van der Waals surface area contributed by atoms with Crippen LogP contribution >= 0.6 is 44.2 Å². The number of unbranched alkanes of at least 4 members (excludes halogenated alkanes) is 1. The molecule has 1 aromatic heterocycles. The van der Waals surface area contributed by atoms with Crippen molar-refractivity contribution in [3.05, 3.63) is 99.3 Å². The summed E-state index contributed by atoms with van der Waals surface area (Å²) in [5.74, 6) is -8.56. The molecular weight excluding hydrogens is 1110 g/mol. The minimum atomic E-state index is -1.82. The number of phenols is 1. The molecule has 0 spiro atoms. The van der Waals surface area contributed by atoms with Crippen LogP contribution in [0.15, 0.2) is 79.0 Å². The summed E-state index contributed by atoms with van der Waals surface area (Å²) in [4.78, 5) is 115. The van der Waals surface area contributed by atoms with Gasteiger partial charge in [-0.15, -0.1) is 0 Å². The van der Waals surface area contributed by atoms with Gasteiger partial charge in [-0.05, 0) is 104 Å². The number of phenolic OH excluding ortho intramolecular Hbond substituents is 1. The number of aliphatic hydroxyl groups is 2. The fraction of sp³-hybridized carbons (Fsp3) is 0.429. The molecule has 0 radical (unpaired) electrons. The number of aliphatic hydroxyl groups excluding tert-OH is 2. The Hall–Kier alpha value is -5.97. The first-order valence-corrected chi connectivity index (χ1v) is 27.3. The fourth-order valence-electron chi connectivity index (χ4n) is 7.83. The first-order chi connectivity index (χ1) is 35.3. The molecular formula is C49H63IN10O12S2. The van der Waals surface area contributed by atoms with Gasteiger partial charge >= 0.3 is 5.97 Å². The number of benzene rings is 3. The van der Waals surface area contributed by atoms with Crippen molar-refractivity contribution in [1.29, 1.82) is 0 Å². The van der Waals surface area contributed by atoms with Crippen LogP contribution in [0.2, 0.25) is 0 Å². The molecule has 400 valence electrons. The van der Waals surface area contributed by atoms with Crippen LogP contribution in [0.4, 0.5) is 0 Å². The second kappa shape index (κ2) is 28.6. The Morgan fingerprint density at radius 3 is 2.07 bits per heavy atom. The second-order valence-electron chi connectivity index (χ2n) is 17.8. The number of carbonyl (C=O) groups is 8. The van der Waals surface area contributed by atoms with Crippen molar-refractivity contribution in [2.45, 2.75) is 113 Å². The van der Waals surface area contributed by atoms with E-state index in [0.29, 0.717) is 27.5 Å². The van der Waals surface area contributed by atoms with E-state index in [2.05, 4.69) is 42.2 Å². The van der Waals surface area contributed by atoms with Gasteiger partial charge in [0.05, 0.1) is 21.8 Å². The minimum Gasteiger partial charge on any atom is -0.507 e. The zero-order chi connectivity index (χ0) is 54.1. The van der Waals surface area contributed by atoms with Crippen molar-refractivity contribution in [2.24, 2.45) is 11.5 Å². The Bertz CT molecular complexity index is 2610. The topological polar surface area (TPSA) is 370 Å². The summed E-state index contributed by atoms with van der Waals surface area (Å²) in [5, 5.41) is 60.0. The molecule has 7 amide bonds. The summed E-state index contributed by atoms with van der Waals surface area (Å²) in [6, 6.07) is 8.69. The van der Waals surface area contributed by atoms with Gasteiger partial charge < -0.3 is 74.1 Å². The molecule has 0 bridgehead atoms. The molecule has 3 aromatic carbocycles. The van der Waals surface area contributed by atoms with Crippen molar-refractivity contribution in [3.8, 4) is 5.75 Å².